The van der Waals surface area contributed by atoms with Crippen molar-refractivity contribution in [2.24, 2.45) is 0 Å². The molecule has 1 aromatic rings. The van der Waals surface area contributed by atoms with Crippen LogP contribution in [-0.4, -0.2) is 42.2 Å². The van der Waals surface area contributed by atoms with Crippen LogP contribution in [0.3, 0.4) is 0 Å². The standard InChI is InChI=1S/C18H22FNO3/c1-10-5-11-6-12(19)7-16(17(11)22-10)18(21)23-15-8-13-3-4-14(9-15)20(13)2/h6-7,10,13-15H,3-5,8-9H2,1-2H3/t10?,13-,14+,15?. The summed E-state index contributed by atoms with van der Waals surface area (Å²) in [6.45, 7) is 1.92. The Morgan fingerprint density at radius 3 is 2.70 bits per heavy atom. The van der Waals surface area contributed by atoms with Gasteiger partial charge in [-0.3, -0.25) is 0 Å². The first kappa shape index (κ1) is 14.9. The smallest absolute Gasteiger partial charge is 0.342 e. The molecular formula is C18H22FNO3. The predicted molar refractivity (Wildman–Crippen MR) is 83.2 cm³/mol. The highest BCUT2D eigenvalue weighted by atomic mass is 19.1. The third-order valence-corrected chi connectivity index (χ3v) is 5.51. The van der Waals surface area contributed by atoms with Crippen LogP contribution in [0.15, 0.2) is 12.1 Å². The van der Waals surface area contributed by atoms with E-state index in [4.69, 9.17) is 9.47 Å². The lowest BCUT2D eigenvalue weighted by atomic mass is 10.0. The first-order valence-electron chi connectivity index (χ1n) is 8.43. The summed E-state index contributed by atoms with van der Waals surface area (Å²) in [5, 5.41) is 0. The van der Waals surface area contributed by atoms with Crippen molar-refractivity contribution in [2.45, 2.75) is 63.3 Å². The molecule has 2 unspecified atom stereocenters. The molecule has 0 aromatic heterocycles. The van der Waals surface area contributed by atoms with E-state index in [9.17, 15) is 9.18 Å². The highest BCUT2D eigenvalue weighted by molar-refractivity contribution is 5.93. The Morgan fingerprint density at radius 2 is 2.00 bits per heavy atom. The van der Waals surface area contributed by atoms with Gasteiger partial charge in [0, 0.05) is 36.9 Å². The molecule has 3 aliphatic heterocycles. The van der Waals surface area contributed by atoms with E-state index in [1.807, 2.05) is 6.92 Å². The minimum Gasteiger partial charge on any atom is -0.489 e. The lowest BCUT2D eigenvalue weighted by Crippen LogP contribution is -2.43. The largest absolute Gasteiger partial charge is 0.489 e. The van der Waals surface area contributed by atoms with E-state index in [1.165, 1.54) is 25.0 Å². The van der Waals surface area contributed by atoms with Crippen molar-refractivity contribution in [1.29, 1.82) is 0 Å². The lowest BCUT2D eigenvalue weighted by molar-refractivity contribution is -0.000793. The molecule has 0 aliphatic carbocycles. The fourth-order valence-corrected chi connectivity index (χ4v) is 4.32. The van der Waals surface area contributed by atoms with Crippen molar-refractivity contribution in [2.75, 3.05) is 7.05 Å². The summed E-state index contributed by atoms with van der Waals surface area (Å²) in [5.74, 6) is -0.361. The Kier molecular flexibility index (Phi) is 3.56. The zero-order chi connectivity index (χ0) is 16.1. The maximum Gasteiger partial charge on any atom is 0.342 e. The molecule has 124 valence electrons. The highest BCUT2D eigenvalue weighted by Gasteiger charge is 2.40. The van der Waals surface area contributed by atoms with Crippen LogP contribution < -0.4 is 4.74 Å². The molecular weight excluding hydrogens is 297 g/mol. The molecule has 3 aliphatic rings. The van der Waals surface area contributed by atoms with Gasteiger partial charge in [-0.2, -0.15) is 0 Å². The maximum absolute atomic E-state index is 13.8. The monoisotopic (exact) mass is 319 g/mol. The lowest BCUT2D eigenvalue weighted by Gasteiger charge is -2.35. The number of halogens is 1. The molecule has 2 saturated heterocycles. The van der Waals surface area contributed by atoms with Gasteiger partial charge < -0.3 is 14.4 Å². The maximum atomic E-state index is 13.8. The topological polar surface area (TPSA) is 38.8 Å². The molecule has 4 atom stereocenters. The van der Waals surface area contributed by atoms with Crippen LogP contribution in [0.5, 0.6) is 5.75 Å². The van der Waals surface area contributed by atoms with Crippen LogP contribution in [0.25, 0.3) is 0 Å². The molecule has 0 radical (unpaired) electrons. The molecule has 0 spiro atoms. The molecule has 2 fully saturated rings. The zero-order valence-electron chi connectivity index (χ0n) is 13.5. The van der Waals surface area contributed by atoms with Crippen molar-refractivity contribution < 1.29 is 18.7 Å². The second kappa shape index (κ2) is 5.48. The summed E-state index contributed by atoms with van der Waals surface area (Å²) < 4.78 is 25.2. The second-order valence-electron chi connectivity index (χ2n) is 7.12. The van der Waals surface area contributed by atoms with E-state index in [-0.39, 0.29) is 17.8 Å². The summed E-state index contributed by atoms with van der Waals surface area (Å²) in [6, 6.07) is 3.69. The van der Waals surface area contributed by atoms with Gasteiger partial charge in [0.05, 0.1) is 0 Å². The van der Waals surface area contributed by atoms with Crippen molar-refractivity contribution in [3.05, 3.63) is 29.1 Å². The normalized spacial score (nSPS) is 32.5. The molecule has 1 aromatic carbocycles. The van der Waals surface area contributed by atoms with Crippen LogP contribution in [0.2, 0.25) is 0 Å². The number of nitrogens with zero attached hydrogens (tertiary/aromatic N) is 1. The average molecular weight is 319 g/mol. The van der Waals surface area contributed by atoms with Gasteiger partial charge >= 0.3 is 5.97 Å². The molecule has 0 amide bonds. The Hall–Kier alpha value is -1.62. The Bertz CT molecular complexity index is 633. The van der Waals surface area contributed by atoms with Gasteiger partial charge in [-0.15, -0.1) is 0 Å². The molecule has 2 bridgehead atoms. The van der Waals surface area contributed by atoms with Gasteiger partial charge in [0.2, 0.25) is 0 Å². The fraction of sp³-hybridized carbons (Fsp3) is 0.611. The van der Waals surface area contributed by atoms with Crippen molar-refractivity contribution in [1.82, 2.24) is 4.90 Å². The Balaban J connectivity index is 1.52. The molecule has 23 heavy (non-hydrogen) atoms. The third kappa shape index (κ3) is 2.61. The van der Waals surface area contributed by atoms with Gasteiger partial charge in [-0.05, 0) is 38.9 Å². The van der Waals surface area contributed by atoms with Gasteiger partial charge in [0.25, 0.3) is 0 Å². The van der Waals surface area contributed by atoms with E-state index in [1.54, 1.807) is 0 Å². The molecule has 0 N–H and O–H groups in total. The molecule has 0 saturated carbocycles. The van der Waals surface area contributed by atoms with E-state index >= 15 is 0 Å². The molecule has 4 rings (SSSR count). The number of fused-ring (bicyclic) bond motifs is 3. The van der Waals surface area contributed by atoms with E-state index in [0.29, 0.717) is 24.3 Å². The van der Waals surface area contributed by atoms with Crippen LogP contribution in [-0.2, 0) is 11.2 Å². The zero-order valence-corrected chi connectivity index (χ0v) is 13.5. The minimum atomic E-state index is -0.455. The number of ether oxygens (including phenoxy) is 2. The van der Waals surface area contributed by atoms with Crippen LogP contribution in [0, 0.1) is 5.82 Å². The van der Waals surface area contributed by atoms with Crippen molar-refractivity contribution >= 4 is 5.97 Å². The van der Waals surface area contributed by atoms with Gasteiger partial charge in [0.1, 0.15) is 29.3 Å². The van der Waals surface area contributed by atoms with Gasteiger partial charge in [-0.25, -0.2) is 9.18 Å². The van der Waals surface area contributed by atoms with E-state index in [0.717, 1.165) is 18.4 Å². The van der Waals surface area contributed by atoms with Crippen LogP contribution >= 0.6 is 0 Å². The minimum absolute atomic E-state index is 0.0301. The average Bonchev–Trinajstić information content (AvgIpc) is 2.93. The number of carbonyl (C=O) groups is 1. The number of hydrogen-bond donors (Lipinski definition) is 0. The van der Waals surface area contributed by atoms with Gasteiger partial charge in [0.15, 0.2) is 0 Å². The summed E-state index contributed by atoms with van der Waals surface area (Å²) in [7, 11) is 2.15. The van der Waals surface area contributed by atoms with E-state index < -0.39 is 11.8 Å². The summed E-state index contributed by atoms with van der Waals surface area (Å²) in [4.78, 5) is 15.0. The second-order valence-corrected chi connectivity index (χ2v) is 7.12. The number of benzene rings is 1. The molecule has 4 nitrogen and oxygen atoms in total. The summed E-state index contributed by atoms with van der Waals surface area (Å²) in [6.07, 6.45) is 4.61. The summed E-state index contributed by atoms with van der Waals surface area (Å²) >= 11 is 0. The van der Waals surface area contributed by atoms with Crippen LogP contribution in [0.4, 0.5) is 4.39 Å². The number of piperidine rings is 1. The predicted octanol–water partition coefficient (Wildman–Crippen LogP) is 2.93. The highest BCUT2D eigenvalue weighted by Crippen LogP contribution is 2.37. The van der Waals surface area contributed by atoms with Crippen molar-refractivity contribution in [3.63, 3.8) is 0 Å². The van der Waals surface area contributed by atoms with Crippen LogP contribution in [0.1, 0.15) is 48.5 Å². The number of carbonyl (C=O) groups excluding carboxylic acids is 1. The number of esters is 1. The number of hydrogen-bond acceptors (Lipinski definition) is 4. The molecule has 3 heterocycles. The molecule has 5 heteroatoms. The Morgan fingerprint density at radius 1 is 1.30 bits per heavy atom. The van der Waals surface area contributed by atoms with E-state index in [2.05, 4.69) is 11.9 Å². The number of rotatable bonds is 2. The Labute approximate surface area is 135 Å². The quantitative estimate of drug-likeness (QED) is 0.786. The third-order valence-electron chi connectivity index (χ3n) is 5.51. The fourth-order valence-electron chi connectivity index (χ4n) is 4.32. The van der Waals surface area contributed by atoms with Gasteiger partial charge in [-0.1, -0.05) is 0 Å². The SMILES string of the molecule is CC1Cc2cc(F)cc(C(=O)OC3C[C@H]4CC[C@@H](C3)N4C)c2O1. The first-order chi connectivity index (χ1) is 11.0. The first-order valence-corrected chi connectivity index (χ1v) is 8.43. The summed E-state index contributed by atoms with van der Waals surface area (Å²) in [5.41, 5.74) is 0.989. The van der Waals surface area contributed by atoms with Crippen molar-refractivity contribution in [3.8, 4) is 5.75 Å².